The molecule has 142 valence electrons. The molecule has 25 heavy (non-hydrogen) atoms. The van der Waals surface area contributed by atoms with Crippen LogP contribution in [0.1, 0.15) is 51.3 Å². The average molecular weight is 367 g/mol. The third-order valence-electron chi connectivity index (χ3n) is 5.94. The Balaban J connectivity index is 2.54. The normalized spacial score (nSPS) is 22.3. The van der Waals surface area contributed by atoms with Gasteiger partial charge in [-0.3, -0.25) is 0 Å². The van der Waals surface area contributed by atoms with Gasteiger partial charge in [0.05, 0.1) is 26.4 Å². The number of ether oxygens (including phenoxy) is 2. The Morgan fingerprint density at radius 1 is 1.12 bits per heavy atom. The third kappa shape index (κ3) is 4.04. The van der Waals surface area contributed by atoms with E-state index in [0.717, 1.165) is 35.5 Å². The lowest BCUT2D eigenvalue weighted by Crippen LogP contribution is -2.43. The molecule has 1 aromatic carbocycles. The fraction of sp³-hybridized carbons (Fsp3) is 0.700. The highest BCUT2D eigenvalue weighted by molar-refractivity contribution is 6.74. The molecule has 1 aliphatic rings. The van der Waals surface area contributed by atoms with Gasteiger partial charge in [-0.05, 0) is 55.9 Å². The summed E-state index contributed by atoms with van der Waals surface area (Å²) >= 11 is 0. The van der Waals surface area contributed by atoms with E-state index in [0.29, 0.717) is 0 Å². The molecule has 0 saturated heterocycles. The van der Waals surface area contributed by atoms with E-state index in [1.54, 1.807) is 14.2 Å². The van der Waals surface area contributed by atoms with Crippen molar-refractivity contribution in [3.05, 3.63) is 23.3 Å². The minimum Gasteiger partial charge on any atom is -0.496 e. The van der Waals surface area contributed by atoms with Crippen LogP contribution in [0.5, 0.6) is 11.5 Å². The minimum absolute atomic E-state index is 0.0747. The first kappa shape index (κ1) is 20.3. The van der Waals surface area contributed by atoms with Crippen LogP contribution >= 0.6 is 0 Å². The summed E-state index contributed by atoms with van der Waals surface area (Å²) in [5.74, 6) is 1.86. The van der Waals surface area contributed by atoms with Crippen LogP contribution in [-0.4, -0.2) is 33.7 Å². The Labute approximate surface area is 153 Å². The van der Waals surface area contributed by atoms with Crippen molar-refractivity contribution in [3.8, 4) is 11.5 Å². The molecule has 1 aromatic rings. The molecule has 1 aliphatic carbocycles. The number of hydrogen-bond acceptors (Lipinski definition) is 4. The maximum absolute atomic E-state index is 10.3. The van der Waals surface area contributed by atoms with Crippen LogP contribution in [0.4, 0.5) is 0 Å². The topological polar surface area (TPSA) is 47.9 Å². The van der Waals surface area contributed by atoms with E-state index in [1.165, 1.54) is 0 Å². The maximum Gasteiger partial charge on any atom is 0.192 e. The molecule has 2 rings (SSSR count). The van der Waals surface area contributed by atoms with Crippen molar-refractivity contribution in [2.24, 2.45) is 5.92 Å². The summed E-state index contributed by atoms with van der Waals surface area (Å²) in [6.45, 7) is 13.1. The highest BCUT2D eigenvalue weighted by Crippen LogP contribution is 2.49. The molecule has 0 radical (unpaired) electrons. The first-order valence-corrected chi connectivity index (χ1v) is 12.0. The summed E-state index contributed by atoms with van der Waals surface area (Å²) in [5.41, 5.74) is 2.21. The van der Waals surface area contributed by atoms with Crippen LogP contribution in [-0.2, 0) is 10.8 Å². The van der Waals surface area contributed by atoms with Crippen LogP contribution in [0.15, 0.2) is 12.1 Å². The lowest BCUT2D eigenvalue weighted by atomic mass is 9.79. The molecule has 0 spiro atoms. The Morgan fingerprint density at radius 3 is 2.16 bits per heavy atom. The Hall–Kier alpha value is -1.04. The lowest BCUT2D eigenvalue weighted by Gasteiger charge is -2.43. The molecular formula is C20H34O4Si. The second kappa shape index (κ2) is 7.29. The van der Waals surface area contributed by atoms with Crippen molar-refractivity contribution in [2.45, 2.75) is 70.9 Å². The van der Waals surface area contributed by atoms with E-state index >= 15 is 0 Å². The number of rotatable bonds is 5. The van der Waals surface area contributed by atoms with Crippen molar-refractivity contribution >= 4 is 8.32 Å². The number of fused-ring (bicyclic) bond motifs is 1. The zero-order chi connectivity index (χ0) is 19.0. The molecule has 1 unspecified atom stereocenters. The van der Waals surface area contributed by atoms with Crippen molar-refractivity contribution in [3.63, 3.8) is 0 Å². The predicted molar refractivity (Wildman–Crippen MR) is 104 cm³/mol. The Bertz CT molecular complexity index is 604. The van der Waals surface area contributed by atoms with Crippen molar-refractivity contribution in [1.82, 2.24) is 0 Å². The van der Waals surface area contributed by atoms with E-state index in [1.807, 2.05) is 19.1 Å². The molecule has 5 heteroatoms. The van der Waals surface area contributed by atoms with E-state index in [9.17, 15) is 5.11 Å². The summed E-state index contributed by atoms with van der Waals surface area (Å²) in [5, 5.41) is 10.4. The van der Waals surface area contributed by atoms with Gasteiger partial charge in [-0.15, -0.1) is 0 Å². The standard InChI is InChI=1S/C20H34O4Si/c1-13(21)14-11-15-16(22-5)9-10-17(23-6)19(15)18(12-14)24-25(7,8)20(2,3)4/h9-10,13-14,18,21H,11-12H2,1-8H3/t13?,14-,18+/m0/s1. The van der Waals surface area contributed by atoms with Crippen molar-refractivity contribution < 1.29 is 19.0 Å². The van der Waals surface area contributed by atoms with Gasteiger partial charge in [-0.25, -0.2) is 0 Å². The molecule has 0 heterocycles. The average Bonchev–Trinajstić information content (AvgIpc) is 2.51. The van der Waals surface area contributed by atoms with E-state index in [4.69, 9.17) is 13.9 Å². The maximum atomic E-state index is 10.3. The molecule has 0 saturated carbocycles. The molecular weight excluding hydrogens is 332 g/mol. The van der Waals surface area contributed by atoms with Gasteiger partial charge in [0.15, 0.2) is 8.32 Å². The fourth-order valence-electron chi connectivity index (χ4n) is 3.30. The first-order valence-electron chi connectivity index (χ1n) is 9.11. The Kier molecular flexibility index (Phi) is 5.91. The smallest absolute Gasteiger partial charge is 0.192 e. The van der Waals surface area contributed by atoms with Crippen LogP contribution in [0.2, 0.25) is 18.1 Å². The largest absolute Gasteiger partial charge is 0.496 e. The van der Waals surface area contributed by atoms with Gasteiger partial charge in [0, 0.05) is 11.1 Å². The van der Waals surface area contributed by atoms with E-state index < -0.39 is 8.32 Å². The lowest BCUT2D eigenvalue weighted by molar-refractivity contribution is 0.0642. The summed E-state index contributed by atoms with van der Waals surface area (Å²) in [6.07, 6.45) is 1.13. The molecule has 0 amide bonds. The monoisotopic (exact) mass is 366 g/mol. The van der Waals surface area contributed by atoms with Crippen LogP contribution in [0, 0.1) is 5.92 Å². The molecule has 0 aliphatic heterocycles. The quantitative estimate of drug-likeness (QED) is 0.767. The highest BCUT2D eigenvalue weighted by Gasteiger charge is 2.43. The molecule has 0 bridgehead atoms. The number of aliphatic hydroxyl groups is 1. The van der Waals surface area contributed by atoms with Crippen LogP contribution in [0.3, 0.4) is 0 Å². The number of hydrogen-bond donors (Lipinski definition) is 1. The zero-order valence-electron chi connectivity index (χ0n) is 17.0. The zero-order valence-corrected chi connectivity index (χ0v) is 18.0. The van der Waals surface area contributed by atoms with Crippen LogP contribution < -0.4 is 9.47 Å². The van der Waals surface area contributed by atoms with Gasteiger partial charge in [0.25, 0.3) is 0 Å². The summed E-state index contributed by atoms with van der Waals surface area (Å²) in [6, 6.07) is 3.91. The van der Waals surface area contributed by atoms with Gasteiger partial charge in [-0.2, -0.15) is 0 Å². The SMILES string of the molecule is COc1ccc(OC)c2c1C[C@H](C(C)O)C[C@H]2O[Si](C)(C)C(C)(C)C. The molecule has 0 aromatic heterocycles. The fourth-order valence-corrected chi connectivity index (χ4v) is 4.58. The molecule has 3 atom stereocenters. The van der Waals surface area contributed by atoms with E-state index in [-0.39, 0.29) is 23.2 Å². The summed E-state index contributed by atoms with van der Waals surface area (Å²) in [4.78, 5) is 0. The molecule has 1 N–H and O–H groups in total. The van der Waals surface area contributed by atoms with Gasteiger partial charge in [0.1, 0.15) is 11.5 Å². The van der Waals surface area contributed by atoms with Crippen molar-refractivity contribution in [1.29, 1.82) is 0 Å². The number of aliphatic hydroxyl groups excluding tert-OH is 1. The third-order valence-corrected chi connectivity index (χ3v) is 10.4. The number of benzene rings is 1. The molecule has 4 nitrogen and oxygen atoms in total. The van der Waals surface area contributed by atoms with Gasteiger partial charge < -0.3 is 19.0 Å². The predicted octanol–water partition coefficient (Wildman–Crippen LogP) is 4.71. The second-order valence-corrected chi connectivity index (χ2v) is 13.4. The van der Waals surface area contributed by atoms with Gasteiger partial charge >= 0.3 is 0 Å². The summed E-state index contributed by atoms with van der Waals surface area (Å²) in [7, 11) is 1.43. The van der Waals surface area contributed by atoms with Gasteiger partial charge in [-0.1, -0.05) is 20.8 Å². The van der Waals surface area contributed by atoms with E-state index in [2.05, 4.69) is 33.9 Å². The Morgan fingerprint density at radius 2 is 1.68 bits per heavy atom. The first-order chi connectivity index (χ1) is 11.5. The number of methoxy groups -OCH3 is 2. The minimum atomic E-state index is -1.97. The van der Waals surface area contributed by atoms with Crippen LogP contribution in [0.25, 0.3) is 0 Å². The highest BCUT2D eigenvalue weighted by atomic mass is 28.4. The van der Waals surface area contributed by atoms with Crippen molar-refractivity contribution in [2.75, 3.05) is 14.2 Å². The summed E-state index contributed by atoms with van der Waals surface area (Å²) < 4.78 is 18.0. The molecule has 0 fully saturated rings. The van der Waals surface area contributed by atoms with Gasteiger partial charge in [0.2, 0.25) is 0 Å². The second-order valence-electron chi connectivity index (χ2n) is 8.67.